The summed E-state index contributed by atoms with van der Waals surface area (Å²) in [5.41, 5.74) is 0.486. The first kappa shape index (κ1) is 20.4. The molecule has 4 rings (SSSR count). The summed E-state index contributed by atoms with van der Waals surface area (Å²) in [7, 11) is 1.74. The van der Waals surface area contributed by atoms with Crippen molar-refractivity contribution in [2.45, 2.75) is 12.2 Å². The SMILES string of the molecule is Cn1cncc1C(=O)N1CCCOC2(CN(C(=O)c3ccc(F)c(F)c3)CCO2)C1. The number of morpholine rings is 1. The Hall–Kier alpha value is -2.85. The third-order valence-corrected chi connectivity index (χ3v) is 5.30. The number of aryl methyl sites for hydroxylation is 1. The fourth-order valence-corrected chi connectivity index (χ4v) is 3.75. The molecule has 160 valence electrons. The monoisotopic (exact) mass is 420 g/mol. The zero-order valence-corrected chi connectivity index (χ0v) is 16.5. The van der Waals surface area contributed by atoms with E-state index >= 15 is 0 Å². The number of imidazole rings is 1. The number of rotatable bonds is 2. The van der Waals surface area contributed by atoms with Gasteiger partial charge >= 0.3 is 0 Å². The van der Waals surface area contributed by atoms with Gasteiger partial charge in [0.15, 0.2) is 11.6 Å². The lowest BCUT2D eigenvalue weighted by atomic mass is 10.1. The van der Waals surface area contributed by atoms with E-state index in [1.54, 1.807) is 22.8 Å². The molecule has 3 heterocycles. The van der Waals surface area contributed by atoms with Gasteiger partial charge in [-0.15, -0.1) is 0 Å². The van der Waals surface area contributed by atoms with Gasteiger partial charge in [0, 0.05) is 25.7 Å². The Labute approximate surface area is 172 Å². The Morgan fingerprint density at radius 2 is 1.77 bits per heavy atom. The van der Waals surface area contributed by atoms with Gasteiger partial charge in [-0.05, 0) is 24.6 Å². The zero-order chi connectivity index (χ0) is 21.3. The molecular formula is C20H22F2N4O4. The highest BCUT2D eigenvalue weighted by atomic mass is 19.2. The molecule has 2 aliphatic heterocycles. The number of nitrogens with zero attached hydrogens (tertiary/aromatic N) is 4. The molecule has 0 N–H and O–H groups in total. The van der Waals surface area contributed by atoms with E-state index in [9.17, 15) is 18.4 Å². The first-order chi connectivity index (χ1) is 14.4. The lowest BCUT2D eigenvalue weighted by molar-refractivity contribution is -0.258. The van der Waals surface area contributed by atoms with E-state index in [-0.39, 0.29) is 37.7 Å². The van der Waals surface area contributed by atoms with Crippen LogP contribution in [0.15, 0.2) is 30.7 Å². The summed E-state index contributed by atoms with van der Waals surface area (Å²) in [6, 6.07) is 3.05. The largest absolute Gasteiger partial charge is 0.347 e. The van der Waals surface area contributed by atoms with Crippen molar-refractivity contribution in [3.05, 3.63) is 53.6 Å². The first-order valence-electron chi connectivity index (χ1n) is 9.66. The topological polar surface area (TPSA) is 76.9 Å². The number of benzene rings is 1. The van der Waals surface area contributed by atoms with Gasteiger partial charge in [0.2, 0.25) is 5.79 Å². The molecule has 1 aromatic heterocycles. The number of carbonyl (C=O) groups excluding carboxylic acids is 2. The van der Waals surface area contributed by atoms with Crippen LogP contribution in [0, 0.1) is 11.6 Å². The Morgan fingerprint density at radius 3 is 2.47 bits per heavy atom. The van der Waals surface area contributed by atoms with Gasteiger partial charge in [-0.3, -0.25) is 9.59 Å². The van der Waals surface area contributed by atoms with E-state index in [0.717, 1.165) is 12.1 Å². The molecule has 8 nitrogen and oxygen atoms in total. The molecule has 1 spiro atoms. The first-order valence-corrected chi connectivity index (χ1v) is 9.66. The Kier molecular flexibility index (Phi) is 5.52. The van der Waals surface area contributed by atoms with Gasteiger partial charge < -0.3 is 23.8 Å². The highest BCUT2D eigenvalue weighted by Crippen LogP contribution is 2.26. The van der Waals surface area contributed by atoms with Crippen LogP contribution in [0.1, 0.15) is 27.3 Å². The molecule has 2 saturated heterocycles. The van der Waals surface area contributed by atoms with Gasteiger partial charge in [-0.25, -0.2) is 13.8 Å². The molecular weight excluding hydrogens is 398 g/mol. The lowest BCUT2D eigenvalue weighted by Crippen LogP contribution is -2.59. The number of carbonyl (C=O) groups is 2. The van der Waals surface area contributed by atoms with Crippen molar-refractivity contribution in [2.24, 2.45) is 7.05 Å². The average Bonchev–Trinajstić information content (AvgIpc) is 3.06. The van der Waals surface area contributed by atoms with Gasteiger partial charge in [0.25, 0.3) is 11.8 Å². The van der Waals surface area contributed by atoms with Crippen LogP contribution in [0.5, 0.6) is 0 Å². The number of ether oxygens (including phenoxy) is 2. The van der Waals surface area contributed by atoms with Crippen molar-refractivity contribution in [1.82, 2.24) is 19.4 Å². The second-order valence-corrected chi connectivity index (χ2v) is 7.43. The molecule has 2 aliphatic rings. The van der Waals surface area contributed by atoms with Crippen molar-refractivity contribution in [1.29, 1.82) is 0 Å². The summed E-state index contributed by atoms with van der Waals surface area (Å²) in [6.45, 7) is 1.52. The van der Waals surface area contributed by atoms with E-state index in [1.165, 1.54) is 17.2 Å². The molecule has 1 unspecified atom stereocenters. The Morgan fingerprint density at radius 1 is 1.03 bits per heavy atom. The quantitative estimate of drug-likeness (QED) is 0.735. The molecule has 0 radical (unpaired) electrons. The van der Waals surface area contributed by atoms with Crippen LogP contribution in [-0.4, -0.2) is 76.3 Å². The normalized spacial score (nSPS) is 22.2. The van der Waals surface area contributed by atoms with Crippen molar-refractivity contribution < 1.29 is 27.8 Å². The molecule has 1 atom stereocenters. The molecule has 0 bridgehead atoms. The molecule has 2 amide bonds. The van der Waals surface area contributed by atoms with Crippen LogP contribution < -0.4 is 0 Å². The predicted molar refractivity (Wildman–Crippen MR) is 101 cm³/mol. The van der Waals surface area contributed by atoms with Gasteiger partial charge in [-0.1, -0.05) is 0 Å². The van der Waals surface area contributed by atoms with Crippen LogP contribution in [-0.2, 0) is 16.5 Å². The number of aromatic nitrogens is 2. The van der Waals surface area contributed by atoms with Gasteiger partial charge in [-0.2, -0.15) is 0 Å². The van der Waals surface area contributed by atoms with E-state index in [0.29, 0.717) is 25.3 Å². The van der Waals surface area contributed by atoms with Crippen molar-refractivity contribution in [3.8, 4) is 0 Å². The van der Waals surface area contributed by atoms with E-state index in [2.05, 4.69) is 4.98 Å². The highest BCUT2D eigenvalue weighted by molar-refractivity contribution is 5.94. The predicted octanol–water partition coefficient (Wildman–Crippen LogP) is 1.43. The summed E-state index contributed by atoms with van der Waals surface area (Å²) < 4.78 is 40.3. The summed E-state index contributed by atoms with van der Waals surface area (Å²) in [6.07, 6.45) is 3.67. The molecule has 10 heteroatoms. The lowest BCUT2D eigenvalue weighted by Gasteiger charge is -2.43. The summed E-state index contributed by atoms with van der Waals surface area (Å²) in [5, 5.41) is 0. The molecule has 1 aromatic carbocycles. The molecule has 0 aliphatic carbocycles. The van der Waals surface area contributed by atoms with Gasteiger partial charge in [0.1, 0.15) is 5.69 Å². The number of halogens is 2. The van der Waals surface area contributed by atoms with E-state index in [4.69, 9.17) is 9.47 Å². The van der Waals surface area contributed by atoms with E-state index < -0.39 is 23.3 Å². The summed E-state index contributed by atoms with van der Waals surface area (Å²) in [4.78, 5) is 32.9. The van der Waals surface area contributed by atoms with Crippen LogP contribution in [0.3, 0.4) is 0 Å². The van der Waals surface area contributed by atoms with Gasteiger partial charge in [0.05, 0.1) is 38.8 Å². The Balaban J connectivity index is 1.53. The maximum absolute atomic E-state index is 13.6. The third-order valence-electron chi connectivity index (χ3n) is 5.30. The summed E-state index contributed by atoms with van der Waals surface area (Å²) >= 11 is 0. The second kappa shape index (κ2) is 8.11. The fraction of sp³-hybridized carbons (Fsp3) is 0.450. The Bertz CT molecular complexity index is 966. The van der Waals surface area contributed by atoms with Crippen molar-refractivity contribution >= 4 is 11.8 Å². The molecule has 2 fully saturated rings. The minimum absolute atomic E-state index is 0.0439. The van der Waals surface area contributed by atoms with E-state index in [1.807, 2.05) is 0 Å². The van der Waals surface area contributed by atoms with Crippen LogP contribution in [0.4, 0.5) is 8.78 Å². The minimum atomic E-state index is -1.18. The molecule has 30 heavy (non-hydrogen) atoms. The second-order valence-electron chi connectivity index (χ2n) is 7.43. The maximum atomic E-state index is 13.6. The molecule has 2 aromatic rings. The van der Waals surface area contributed by atoms with Crippen molar-refractivity contribution in [3.63, 3.8) is 0 Å². The van der Waals surface area contributed by atoms with Crippen LogP contribution in [0.25, 0.3) is 0 Å². The average molecular weight is 420 g/mol. The van der Waals surface area contributed by atoms with Crippen molar-refractivity contribution in [2.75, 3.05) is 39.4 Å². The third kappa shape index (κ3) is 3.92. The highest BCUT2D eigenvalue weighted by Gasteiger charge is 2.43. The number of hydrogen-bond acceptors (Lipinski definition) is 5. The molecule has 0 saturated carbocycles. The standard InChI is InChI=1S/C20H22F2N4O4/c1-24-13-23-10-17(24)19(28)25-5-2-7-29-20(11-25)12-26(6-8-30-20)18(27)14-3-4-15(21)16(22)9-14/h3-4,9-10,13H,2,5-8,11-12H2,1H3. The number of amides is 2. The minimum Gasteiger partial charge on any atom is -0.347 e. The van der Waals surface area contributed by atoms with Crippen LogP contribution >= 0.6 is 0 Å². The summed E-state index contributed by atoms with van der Waals surface area (Å²) in [5.74, 6) is -3.93. The number of hydrogen-bond donors (Lipinski definition) is 0. The maximum Gasteiger partial charge on any atom is 0.272 e. The van der Waals surface area contributed by atoms with Crippen LogP contribution in [0.2, 0.25) is 0 Å². The zero-order valence-electron chi connectivity index (χ0n) is 16.5. The smallest absolute Gasteiger partial charge is 0.272 e. The fourth-order valence-electron chi connectivity index (χ4n) is 3.75.